The first-order chi connectivity index (χ1) is 13.7. The molecule has 1 atom stereocenters. The molecule has 1 aliphatic carbocycles. The molecule has 1 fully saturated rings. The van der Waals surface area contributed by atoms with Crippen molar-refractivity contribution >= 4 is 15.8 Å². The summed E-state index contributed by atoms with van der Waals surface area (Å²) in [4.78, 5) is 17.5. The molecule has 0 spiro atoms. The van der Waals surface area contributed by atoms with Gasteiger partial charge in [-0.15, -0.1) is 0 Å². The number of pyridine rings is 1. The molecule has 29 heavy (non-hydrogen) atoms. The van der Waals surface area contributed by atoms with Gasteiger partial charge >= 0.3 is 0 Å². The molecule has 1 aliphatic heterocycles. The highest BCUT2D eigenvalue weighted by molar-refractivity contribution is 7.89. The minimum atomic E-state index is -3.35. The number of hydrogen-bond donors (Lipinski definition) is 0. The molecule has 0 aromatic carbocycles. The molecule has 3 heterocycles. The van der Waals surface area contributed by atoms with E-state index in [0.717, 1.165) is 24.2 Å². The first-order valence-electron chi connectivity index (χ1n) is 10.2. The number of Topliss-reactive ketones (excluding diaryl/α,β-unsaturated/α-hetero) is 1. The first kappa shape index (κ1) is 20.2. The zero-order valence-corrected chi connectivity index (χ0v) is 18.1. The number of fused-ring (bicyclic) bond motifs is 1. The Labute approximate surface area is 172 Å². The third kappa shape index (κ3) is 3.75. The van der Waals surface area contributed by atoms with Crippen LogP contribution in [0.25, 0.3) is 0 Å². The molecule has 0 radical (unpaired) electrons. The lowest BCUT2D eigenvalue weighted by Gasteiger charge is -2.30. The van der Waals surface area contributed by atoms with Crippen molar-refractivity contribution in [2.45, 2.75) is 59.0 Å². The Hall–Kier alpha value is -2.06. The maximum absolute atomic E-state index is 13.1. The van der Waals surface area contributed by atoms with Crippen LogP contribution in [0, 0.1) is 5.41 Å². The van der Waals surface area contributed by atoms with Crippen molar-refractivity contribution in [3.05, 3.63) is 47.0 Å². The number of aromatic nitrogens is 3. The van der Waals surface area contributed by atoms with E-state index in [9.17, 15) is 13.2 Å². The topological polar surface area (TPSA) is 85.2 Å². The van der Waals surface area contributed by atoms with Gasteiger partial charge in [0.2, 0.25) is 10.0 Å². The van der Waals surface area contributed by atoms with Crippen LogP contribution >= 0.6 is 0 Å². The number of carbonyl (C=O) groups is 1. The minimum absolute atomic E-state index is 0.0569. The summed E-state index contributed by atoms with van der Waals surface area (Å²) in [5.74, 6) is 0.126. The third-order valence-corrected chi connectivity index (χ3v) is 7.81. The van der Waals surface area contributed by atoms with Gasteiger partial charge in [-0.2, -0.15) is 9.40 Å². The van der Waals surface area contributed by atoms with E-state index >= 15 is 0 Å². The fourth-order valence-corrected chi connectivity index (χ4v) is 5.89. The summed E-state index contributed by atoms with van der Waals surface area (Å²) in [6, 6.07) is 5.38. The van der Waals surface area contributed by atoms with Crippen molar-refractivity contribution in [2.24, 2.45) is 5.41 Å². The number of nitrogens with zero attached hydrogens (tertiary/aromatic N) is 4. The summed E-state index contributed by atoms with van der Waals surface area (Å²) in [5.41, 5.74) is 2.90. The Balaban J connectivity index is 1.82. The molecule has 4 rings (SSSR count). The monoisotopic (exact) mass is 416 g/mol. The Kier molecular flexibility index (Phi) is 5.11. The number of sulfonamides is 1. The van der Waals surface area contributed by atoms with Gasteiger partial charge in [-0.1, -0.05) is 19.9 Å². The highest BCUT2D eigenvalue weighted by Gasteiger charge is 2.42. The molecule has 0 saturated carbocycles. The zero-order valence-electron chi connectivity index (χ0n) is 17.3. The summed E-state index contributed by atoms with van der Waals surface area (Å²) in [7, 11) is -3.35. The summed E-state index contributed by atoms with van der Waals surface area (Å²) < 4.78 is 28.7. The molecule has 2 aromatic heterocycles. The van der Waals surface area contributed by atoms with Crippen LogP contribution in [0.4, 0.5) is 0 Å². The van der Waals surface area contributed by atoms with E-state index in [-0.39, 0.29) is 23.0 Å². The quantitative estimate of drug-likeness (QED) is 0.748. The summed E-state index contributed by atoms with van der Waals surface area (Å²) in [6.07, 6.45) is 4.42. The van der Waals surface area contributed by atoms with Crippen molar-refractivity contribution in [3.8, 4) is 0 Å². The second kappa shape index (κ2) is 7.32. The van der Waals surface area contributed by atoms with Crippen LogP contribution in [0.3, 0.4) is 0 Å². The molecule has 0 N–H and O–H groups in total. The number of ketones is 1. The SMILES string of the molecule is CCS(=O)(=O)N1CCC[C@H]1c1nn(Cc2ccccn2)c2c1C(=O)CC(C)(C)C2. The van der Waals surface area contributed by atoms with E-state index in [1.807, 2.05) is 22.9 Å². The van der Waals surface area contributed by atoms with Crippen molar-refractivity contribution < 1.29 is 13.2 Å². The standard InChI is InChI=1S/C21H28N4O3S/c1-4-29(27,28)25-11-7-9-16(25)20-19-17(12-21(2,3)13-18(19)26)24(23-20)14-15-8-5-6-10-22-15/h5-6,8,10,16H,4,7,9,11-14H2,1-3H3/t16-/m0/s1. The highest BCUT2D eigenvalue weighted by atomic mass is 32.2. The molecule has 7 nitrogen and oxygen atoms in total. The average Bonchev–Trinajstić information content (AvgIpc) is 3.27. The largest absolute Gasteiger partial charge is 0.294 e. The maximum Gasteiger partial charge on any atom is 0.214 e. The van der Waals surface area contributed by atoms with Gasteiger partial charge in [-0.3, -0.25) is 14.5 Å². The van der Waals surface area contributed by atoms with Gasteiger partial charge in [0.15, 0.2) is 5.78 Å². The van der Waals surface area contributed by atoms with Crippen LogP contribution in [0.5, 0.6) is 0 Å². The summed E-state index contributed by atoms with van der Waals surface area (Å²) in [5, 5.41) is 4.83. The van der Waals surface area contributed by atoms with Gasteiger partial charge in [-0.05, 0) is 43.7 Å². The van der Waals surface area contributed by atoms with Crippen LogP contribution in [-0.2, 0) is 23.0 Å². The van der Waals surface area contributed by atoms with Gasteiger partial charge in [0, 0.05) is 19.2 Å². The molecule has 2 aliphatic rings. The lowest BCUT2D eigenvalue weighted by atomic mass is 9.75. The van der Waals surface area contributed by atoms with Crippen LogP contribution < -0.4 is 0 Å². The molecule has 8 heteroatoms. The van der Waals surface area contributed by atoms with E-state index in [1.165, 1.54) is 0 Å². The molecular formula is C21H28N4O3S. The minimum Gasteiger partial charge on any atom is -0.294 e. The third-order valence-electron chi connectivity index (χ3n) is 5.93. The second-order valence-corrected chi connectivity index (χ2v) is 11.0. The Morgan fingerprint density at radius 1 is 1.24 bits per heavy atom. The molecule has 0 bridgehead atoms. The van der Waals surface area contributed by atoms with Gasteiger partial charge in [-0.25, -0.2) is 8.42 Å². The summed E-state index contributed by atoms with van der Waals surface area (Å²) in [6.45, 7) is 6.81. The van der Waals surface area contributed by atoms with Crippen LogP contribution in [0.2, 0.25) is 0 Å². The van der Waals surface area contributed by atoms with Gasteiger partial charge < -0.3 is 0 Å². The fourth-order valence-electron chi connectivity index (χ4n) is 4.56. The molecule has 2 aromatic rings. The normalized spacial score (nSPS) is 22.0. The van der Waals surface area contributed by atoms with E-state index in [2.05, 4.69) is 18.8 Å². The van der Waals surface area contributed by atoms with E-state index in [0.29, 0.717) is 37.2 Å². The highest BCUT2D eigenvalue weighted by Crippen LogP contribution is 2.42. The average molecular weight is 417 g/mol. The Morgan fingerprint density at radius 2 is 2.03 bits per heavy atom. The van der Waals surface area contributed by atoms with E-state index < -0.39 is 10.0 Å². The lowest BCUT2D eigenvalue weighted by Crippen LogP contribution is -2.33. The van der Waals surface area contributed by atoms with Crippen molar-refractivity contribution in [1.82, 2.24) is 19.1 Å². The van der Waals surface area contributed by atoms with Gasteiger partial charge in [0.25, 0.3) is 0 Å². The number of rotatable bonds is 5. The van der Waals surface area contributed by atoms with E-state index in [1.54, 1.807) is 17.4 Å². The Morgan fingerprint density at radius 3 is 2.72 bits per heavy atom. The lowest BCUT2D eigenvalue weighted by molar-refractivity contribution is 0.0908. The van der Waals surface area contributed by atoms with Crippen LogP contribution in [0.1, 0.15) is 73.5 Å². The van der Waals surface area contributed by atoms with Crippen LogP contribution in [-0.4, -0.2) is 45.6 Å². The van der Waals surface area contributed by atoms with Crippen molar-refractivity contribution in [2.75, 3.05) is 12.3 Å². The Bertz CT molecular complexity index is 1030. The number of carbonyl (C=O) groups excluding carboxylic acids is 1. The fraction of sp³-hybridized carbons (Fsp3) is 0.571. The predicted molar refractivity (Wildman–Crippen MR) is 110 cm³/mol. The van der Waals surface area contributed by atoms with E-state index in [4.69, 9.17) is 5.10 Å². The van der Waals surface area contributed by atoms with Crippen LogP contribution in [0.15, 0.2) is 24.4 Å². The predicted octanol–water partition coefficient (Wildman–Crippen LogP) is 2.97. The summed E-state index contributed by atoms with van der Waals surface area (Å²) >= 11 is 0. The smallest absolute Gasteiger partial charge is 0.214 e. The number of hydrogen-bond acceptors (Lipinski definition) is 5. The molecule has 156 valence electrons. The molecule has 1 saturated heterocycles. The molecule has 0 amide bonds. The van der Waals surface area contributed by atoms with Gasteiger partial charge in [0.05, 0.1) is 41.0 Å². The first-order valence-corrected chi connectivity index (χ1v) is 11.8. The molecule has 0 unspecified atom stereocenters. The molecular weight excluding hydrogens is 388 g/mol. The van der Waals surface area contributed by atoms with Crippen molar-refractivity contribution in [3.63, 3.8) is 0 Å². The maximum atomic E-state index is 13.1. The van der Waals surface area contributed by atoms with Crippen molar-refractivity contribution in [1.29, 1.82) is 0 Å². The zero-order chi connectivity index (χ0) is 20.8. The second-order valence-electron chi connectivity index (χ2n) is 8.80. The van der Waals surface area contributed by atoms with Gasteiger partial charge in [0.1, 0.15) is 0 Å².